The molecule has 2 heterocycles. The molecule has 1 aliphatic rings. The molecule has 3 aromatic rings. The van der Waals surface area contributed by atoms with E-state index in [0.717, 1.165) is 78.5 Å². The summed E-state index contributed by atoms with van der Waals surface area (Å²) in [6.07, 6.45) is 1.08. The zero-order valence-electron chi connectivity index (χ0n) is 15.6. The number of nitrogens with zero attached hydrogens (tertiary/aromatic N) is 3. The van der Waals surface area contributed by atoms with Crippen molar-refractivity contribution in [1.29, 1.82) is 0 Å². The van der Waals surface area contributed by atoms with Crippen molar-refractivity contribution in [2.45, 2.75) is 23.6 Å². The van der Waals surface area contributed by atoms with Gasteiger partial charge in [-0.3, -0.25) is 4.90 Å². The predicted octanol–water partition coefficient (Wildman–Crippen LogP) is 5.36. The lowest BCUT2D eigenvalue weighted by molar-refractivity contribution is 0.0369. The molecule has 7 heteroatoms. The highest BCUT2D eigenvalue weighted by atomic mass is 35.5. The molecule has 1 aliphatic heterocycles. The van der Waals surface area contributed by atoms with Crippen LogP contribution in [0, 0.1) is 0 Å². The maximum Gasteiger partial charge on any atom is 0.120 e. The zero-order valence-corrected chi connectivity index (χ0v) is 17.9. The molecule has 4 nitrogen and oxygen atoms in total. The molecule has 0 aliphatic carbocycles. The van der Waals surface area contributed by atoms with Gasteiger partial charge in [-0.25, -0.2) is 4.98 Å². The van der Waals surface area contributed by atoms with E-state index < -0.39 is 0 Å². The van der Waals surface area contributed by atoms with Crippen LogP contribution in [0.3, 0.4) is 0 Å². The summed E-state index contributed by atoms with van der Waals surface area (Å²) < 4.78 is 7.76. The predicted molar refractivity (Wildman–Crippen MR) is 118 cm³/mol. The standard InChI is InChI=1S/C21H23Cl2N3OS/c22-16-2-5-18(6-3-16)28-15-21-24-19-7-4-17(23)14-20(19)26(21)9-1-8-25-10-12-27-13-11-25/h2-7,14H,1,8-13,15H2. The van der Waals surface area contributed by atoms with Crippen LogP contribution in [0.2, 0.25) is 10.0 Å². The van der Waals surface area contributed by atoms with Crippen LogP contribution in [-0.2, 0) is 17.0 Å². The molecule has 4 rings (SSSR count). The number of morpholine rings is 1. The van der Waals surface area contributed by atoms with Crippen LogP contribution in [0.1, 0.15) is 12.2 Å². The van der Waals surface area contributed by atoms with Gasteiger partial charge < -0.3 is 9.30 Å². The van der Waals surface area contributed by atoms with Gasteiger partial charge >= 0.3 is 0 Å². The quantitative estimate of drug-likeness (QED) is 0.467. The number of thioether (sulfide) groups is 1. The van der Waals surface area contributed by atoms with E-state index in [0.29, 0.717) is 0 Å². The monoisotopic (exact) mass is 435 g/mol. The van der Waals surface area contributed by atoms with E-state index in [9.17, 15) is 0 Å². The Morgan fingerprint density at radius 1 is 0.964 bits per heavy atom. The van der Waals surface area contributed by atoms with E-state index in [-0.39, 0.29) is 0 Å². The lowest BCUT2D eigenvalue weighted by atomic mass is 10.3. The molecule has 148 valence electrons. The molecule has 0 bridgehead atoms. The molecular weight excluding hydrogens is 413 g/mol. The molecular formula is C21H23Cl2N3OS. The van der Waals surface area contributed by atoms with Crippen LogP contribution >= 0.6 is 35.0 Å². The molecule has 2 aromatic carbocycles. The number of aromatic nitrogens is 2. The number of halogens is 2. The van der Waals surface area contributed by atoms with E-state index >= 15 is 0 Å². The second kappa shape index (κ2) is 9.51. The van der Waals surface area contributed by atoms with Crippen molar-refractivity contribution >= 4 is 46.0 Å². The van der Waals surface area contributed by atoms with Crippen LogP contribution in [0.25, 0.3) is 11.0 Å². The number of imidazole rings is 1. The fourth-order valence-electron chi connectivity index (χ4n) is 3.46. The van der Waals surface area contributed by atoms with Crippen LogP contribution in [0.15, 0.2) is 47.4 Å². The maximum absolute atomic E-state index is 6.26. The number of aryl methyl sites for hydroxylation is 1. The fraction of sp³-hybridized carbons (Fsp3) is 0.381. The first-order valence-electron chi connectivity index (χ1n) is 9.52. The number of fused-ring (bicyclic) bond motifs is 1. The average molecular weight is 436 g/mol. The van der Waals surface area contributed by atoms with Gasteiger partial charge in [-0.05, 0) is 48.9 Å². The lowest BCUT2D eigenvalue weighted by Crippen LogP contribution is -2.37. The third kappa shape index (κ3) is 5.02. The zero-order chi connectivity index (χ0) is 19.3. The Labute approximate surface area is 179 Å². The highest BCUT2D eigenvalue weighted by Crippen LogP contribution is 2.27. The van der Waals surface area contributed by atoms with Crippen molar-refractivity contribution in [2.75, 3.05) is 32.8 Å². The molecule has 0 N–H and O–H groups in total. The SMILES string of the molecule is Clc1ccc(SCc2nc3ccc(Cl)cc3n2CCCN2CCOCC2)cc1. The lowest BCUT2D eigenvalue weighted by Gasteiger charge is -2.26. The Morgan fingerprint density at radius 3 is 2.50 bits per heavy atom. The van der Waals surface area contributed by atoms with Crippen molar-refractivity contribution in [3.05, 3.63) is 58.3 Å². The molecule has 0 amide bonds. The highest BCUT2D eigenvalue weighted by Gasteiger charge is 2.14. The maximum atomic E-state index is 6.26. The Bertz CT molecular complexity index is 923. The van der Waals surface area contributed by atoms with E-state index in [2.05, 4.69) is 21.6 Å². The second-order valence-corrected chi connectivity index (χ2v) is 8.78. The number of ether oxygens (including phenoxy) is 1. The van der Waals surface area contributed by atoms with E-state index in [1.807, 2.05) is 30.3 Å². The van der Waals surface area contributed by atoms with Gasteiger partial charge in [0.15, 0.2) is 0 Å². The fourth-order valence-corrected chi connectivity index (χ4v) is 4.60. The molecule has 0 spiro atoms. The first-order valence-corrected chi connectivity index (χ1v) is 11.3. The summed E-state index contributed by atoms with van der Waals surface area (Å²) in [7, 11) is 0. The molecule has 1 aromatic heterocycles. The third-order valence-corrected chi connectivity index (χ3v) is 6.43. The summed E-state index contributed by atoms with van der Waals surface area (Å²) in [4.78, 5) is 8.53. The Balaban J connectivity index is 1.49. The van der Waals surface area contributed by atoms with Gasteiger partial charge in [0.2, 0.25) is 0 Å². The molecule has 0 saturated carbocycles. The number of rotatable bonds is 7. The molecule has 1 saturated heterocycles. The van der Waals surface area contributed by atoms with Gasteiger partial charge in [0, 0.05) is 41.1 Å². The van der Waals surface area contributed by atoms with Gasteiger partial charge in [-0.1, -0.05) is 23.2 Å². The summed E-state index contributed by atoms with van der Waals surface area (Å²) in [5.74, 6) is 1.89. The molecule has 0 radical (unpaired) electrons. The van der Waals surface area contributed by atoms with E-state index in [4.69, 9.17) is 32.9 Å². The average Bonchev–Trinajstić information content (AvgIpc) is 3.05. The van der Waals surface area contributed by atoms with Crippen LogP contribution in [0.5, 0.6) is 0 Å². The van der Waals surface area contributed by atoms with Crippen molar-refractivity contribution in [1.82, 2.24) is 14.5 Å². The van der Waals surface area contributed by atoms with Crippen molar-refractivity contribution in [2.24, 2.45) is 0 Å². The Morgan fingerprint density at radius 2 is 1.71 bits per heavy atom. The molecule has 0 atom stereocenters. The van der Waals surface area contributed by atoms with Crippen LogP contribution in [-0.4, -0.2) is 47.3 Å². The van der Waals surface area contributed by atoms with Crippen molar-refractivity contribution in [3.8, 4) is 0 Å². The molecule has 28 heavy (non-hydrogen) atoms. The summed E-state index contributed by atoms with van der Waals surface area (Å²) in [6.45, 7) is 5.74. The minimum atomic E-state index is 0.749. The number of hydrogen-bond acceptors (Lipinski definition) is 4. The minimum absolute atomic E-state index is 0.749. The highest BCUT2D eigenvalue weighted by molar-refractivity contribution is 7.98. The minimum Gasteiger partial charge on any atom is -0.379 e. The van der Waals surface area contributed by atoms with Gasteiger partial charge in [0.1, 0.15) is 5.82 Å². The normalized spacial score (nSPS) is 15.4. The Kier molecular flexibility index (Phi) is 6.81. The van der Waals surface area contributed by atoms with Gasteiger partial charge in [0.05, 0.1) is 30.0 Å². The topological polar surface area (TPSA) is 30.3 Å². The van der Waals surface area contributed by atoms with Crippen LogP contribution < -0.4 is 0 Å². The molecule has 0 unspecified atom stereocenters. The largest absolute Gasteiger partial charge is 0.379 e. The summed E-state index contributed by atoms with van der Waals surface area (Å²) >= 11 is 14.0. The number of benzene rings is 2. The number of hydrogen-bond donors (Lipinski definition) is 0. The third-order valence-electron chi connectivity index (χ3n) is 4.93. The van der Waals surface area contributed by atoms with Gasteiger partial charge in [-0.2, -0.15) is 0 Å². The van der Waals surface area contributed by atoms with Crippen LogP contribution in [0.4, 0.5) is 0 Å². The first-order chi connectivity index (χ1) is 13.7. The van der Waals surface area contributed by atoms with E-state index in [1.54, 1.807) is 11.8 Å². The first kappa shape index (κ1) is 20.0. The smallest absolute Gasteiger partial charge is 0.120 e. The summed E-state index contributed by atoms with van der Waals surface area (Å²) in [5.41, 5.74) is 2.11. The summed E-state index contributed by atoms with van der Waals surface area (Å²) in [6, 6.07) is 13.9. The Hall–Kier alpha value is -1.24. The van der Waals surface area contributed by atoms with E-state index in [1.165, 1.54) is 4.90 Å². The van der Waals surface area contributed by atoms with Gasteiger partial charge in [0.25, 0.3) is 0 Å². The van der Waals surface area contributed by atoms with Crippen molar-refractivity contribution < 1.29 is 4.74 Å². The van der Waals surface area contributed by atoms with Crippen molar-refractivity contribution in [3.63, 3.8) is 0 Å². The summed E-state index contributed by atoms with van der Waals surface area (Å²) in [5, 5.41) is 1.51. The second-order valence-electron chi connectivity index (χ2n) is 6.86. The molecule has 1 fully saturated rings. The van der Waals surface area contributed by atoms with Gasteiger partial charge in [-0.15, -0.1) is 11.8 Å².